The molecule has 0 bridgehead atoms. The Labute approximate surface area is 141 Å². The Morgan fingerprint density at radius 3 is 2.75 bits per heavy atom. The third kappa shape index (κ3) is 5.66. The van der Waals surface area contributed by atoms with E-state index >= 15 is 0 Å². The van der Waals surface area contributed by atoms with E-state index in [0.717, 1.165) is 36.9 Å². The molecule has 1 heterocycles. The maximum absolute atomic E-state index is 13.0. The normalized spacial score (nSPS) is 11.5. The van der Waals surface area contributed by atoms with Gasteiger partial charge in [0.1, 0.15) is 5.82 Å². The van der Waals surface area contributed by atoms with Crippen molar-refractivity contribution in [2.45, 2.75) is 13.3 Å². The summed E-state index contributed by atoms with van der Waals surface area (Å²) in [5, 5.41) is 11.0. The van der Waals surface area contributed by atoms with Gasteiger partial charge in [-0.2, -0.15) is 5.10 Å². The highest BCUT2D eigenvalue weighted by molar-refractivity contribution is 5.79. The van der Waals surface area contributed by atoms with E-state index in [2.05, 4.69) is 20.7 Å². The molecule has 0 saturated carbocycles. The molecular weight excluding hydrogens is 309 g/mol. The quantitative estimate of drug-likeness (QED) is 0.439. The maximum atomic E-state index is 13.0. The van der Waals surface area contributed by atoms with E-state index in [1.54, 1.807) is 23.9 Å². The van der Waals surface area contributed by atoms with Gasteiger partial charge in [-0.3, -0.25) is 4.99 Å². The molecule has 130 valence electrons. The molecule has 0 aliphatic heterocycles. The number of hydrogen-bond acceptors (Lipinski definition) is 3. The van der Waals surface area contributed by atoms with Gasteiger partial charge in [0, 0.05) is 32.8 Å². The average Bonchev–Trinajstić information content (AvgIpc) is 3.04. The minimum Gasteiger partial charge on any atom is -0.383 e. The third-order valence-corrected chi connectivity index (χ3v) is 3.32. The van der Waals surface area contributed by atoms with Gasteiger partial charge in [-0.1, -0.05) is 0 Å². The number of nitrogens with zero attached hydrogens (tertiary/aromatic N) is 3. The number of hydrogen-bond donors (Lipinski definition) is 2. The molecule has 2 rings (SSSR count). The minimum absolute atomic E-state index is 0.251. The van der Waals surface area contributed by atoms with Crippen LogP contribution < -0.4 is 10.6 Å². The van der Waals surface area contributed by atoms with E-state index in [0.29, 0.717) is 13.2 Å². The molecule has 24 heavy (non-hydrogen) atoms. The van der Waals surface area contributed by atoms with Crippen LogP contribution in [0, 0.1) is 5.82 Å². The van der Waals surface area contributed by atoms with Crippen molar-refractivity contribution in [1.82, 2.24) is 20.4 Å². The third-order valence-electron chi connectivity index (χ3n) is 3.32. The number of benzene rings is 1. The highest BCUT2D eigenvalue weighted by Gasteiger charge is 2.03. The van der Waals surface area contributed by atoms with Crippen LogP contribution in [0.3, 0.4) is 0 Å². The monoisotopic (exact) mass is 333 g/mol. The predicted molar refractivity (Wildman–Crippen MR) is 93.1 cm³/mol. The molecule has 1 aromatic heterocycles. The van der Waals surface area contributed by atoms with E-state index in [1.807, 2.05) is 19.2 Å². The van der Waals surface area contributed by atoms with E-state index in [4.69, 9.17) is 4.74 Å². The molecule has 7 heteroatoms. The molecule has 1 aromatic carbocycles. The molecule has 2 aromatic rings. The van der Waals surface area contributed by atoms with E-state index in [9.17, 15) is 4.39 Å². The van der Waals surface area contributed by atoms with Gasteiger partial charge in [0.05, 0.1) is 24.5 Å². The summed E-state index contributed by atoms with van der Waals surface area (Å²) in [6.45, 7) is 4.76. The van der Waals surface area contributed by atoms with Crippen LogP contribution in [0.4, 0.5) is 4.39 Å². The largest absolute Gasteiger partial charge is 0.383 e. The Kier molecular flexibility index (Phi) is 7.22. The van der Waals surface area contributed by atoms with Crippen LogP contribution >= 0.6 is 0 Å². The highest BCUT2D eigenvalue weighted by atomic mass is 19.1. The Morgan fingerprint density at radius 1 is 1.25 bits per heavy atom. The fourth-order valence-corrected chi connectivity index (χ4v) is 2.13. The van der Waals surface area contributed by atoms with Crippen LogP contribution in [0.25, 0.3) is 5.69 Å². The van der Waals surface area contributed by atoms with Gasteiger partial charge in [0.15, 0.2) is 5.96 Å². The summed E-state index contributed by atoms with van der Waals surface area (Å²) in [4.78, 5) is 4.40. The molecule has 2 N–H and O–H groups in total. The van der Waals surface area contributed by atoms with Gasteiger partial charge in [-0.25, -0.2) is 9.07 Å². The van der Waals surface area contributed by atoms with E-state index < -0.39 is 0 Å². The van der Waals surface area contributed by atoms with Gasteiger partial charge in [-0.15, -0.1) is 0 Å². The highest BCUT2D eigenvalue weighted by Crippen LogP contribution is 2.09. The van der Waals surface area contributed by atoms with Crippen LogP contribution in [-0.2, 0) is 11.2 Å². The van der Waals surface area contributed by atoms with Crippen LogP contribution in [-0.4, -0.2) is 49.1 Å². The lowest BCUT2D eigenvalue weighted by atomic mass is 10.3. The SMILES string of the molecule is CCNC(=NCCOC)NCCc1ccn(-c2ccc(F)cc2)n1. The summed E-state index contributed by atoms with van der Waals surface area (Å²) < 4.78 is 19.7. The average molecular weight is 333 g/mol. The lowest BCUT2D eigenvalue weighted by Crippen LogP contribution is -2.38. The molecule has 0 amide bonds. The first-order chi connectivity index (χ1) is 11.7. The van der Waals surface area contributed by atoms with Gasteiger partial charge >= 0.3 is 0 Å². The standard InChI is InChI=1S/C17H24FN5O/c1-3-19-17(21-11-13-24-2)20-10-8-15-9-12-23(22-15)16-6-4-14(18)5-7-16/h4-7,9,12H,3,8,10-11,13H2,1-2H3,(H2,19,20,21). The van der Waals surface area contributed by atoms with Crippen molar-refractivity contribution < 1.29 is 9.13 Å². The molecule has 0 saturated heterocycles. The number of ether oxygens (including phenoxy) is 1. The number of aliphatic imine (C=N–C) groups is 1. The molecule has 0 radical (unpaired) electrons. The Morgan fingerprint density at radius 2 is 2.04 bits per heavy atom. The first-order valence-corrected chi connectivity index (χ1v) is 8.04. The zero-order valence-corrected chi connectivity index (χ0v) is 14.1. The summed E-state index contributed by atoms with van der Waals surface area (Å²) >= 11 is 0. The topological polar surface area (TPSA) is 63.5 Å². The number of aromatic nitrogens is 2. The van der Waals surface area contributed by atoms with E-state index in [1.165, 1.54) is 12.1 Å². The second-order valence-electron chi connectivity index (χ2n) is 5.16. The summed E-state index contributed by atoms with van der Waals surface area (Å²) in [7, 11) is 1.66. The van der Waals surface area contributed by atoms with Gasteiger partial charge in [0.25, 0.3) is 0 Å². The number of rotatable bonds is 8. The van der Waals surface area contributed by atoms with Crippen molar-refractivity contribution >= 4 is 5.96 Å². The van der Waals surface area contributed by atoms with Crippen LogP contribution in [0.5, 0.6) is 0 Å². The zero-order chi connectivity index (χ0) is 17.2. The lowest BCUT2D eigenvalue weighted by Gasteiger charge is -2.10. The van der Waals surface area contributed by atoms with Crippen LogP contribution in [0.1, 0.15) is 12.6 Å². The molecule has 0 spiro atoms. The Balaban J connectivity index is 1.85. The van der Waals surface area contributed by atoms with Crippen molar-refractivity contribution in [3.63, 3.8) is 0 Å². The van der Waals surface area contributed by atoms with Crippen molar-refractivity contribution in [2.24, 2.45) is 4.99 Å². The Bertz CT molecular complexity index is 639. The summed E-state index contributed by atoms with van der Waals surface area (Å²) in [6.07, 6.45) is 2.64. The lowest BCUT2D eigenvalue weighted by molar-refractivity contribution is 0.208. The van der Waals surface area contributed by atoms with Crippen LogP contribution in [0.15, 0.2) is 41.5 Å². The van der Waals surface area contributed by atoms with Crippen LogP contribution in [0.2, 0.25) is 0 Å². The summed E-state index contributed by atoms with van der Waals surface area (Å²) in [5.41, 5.74) is 1.80. The molecule has 0 unspecified atom stereocenters. The number of guanidine groups is 1. The molecule has 0 aliphatic rings. The Hall–Kier alpha value is -2.41. The molecule has 6 nitrogen and oxygen atoms in total. The predicted octanol–water partition coefficient (Wildman–Crippen LogP) is 1.76. The first kappa shape index (κ1) is 17.9. The van der Waals surface area contributed by atoms with Crippen molar-refractivity contribution in [3.05, 3.63) is 48.0 Å². The summed E-state index contributed by atoms with van der Waals surface area (Å²) in [6, 6.07) is 8.22. The van der Waals surface area contributed by atoms with E-state index in [-0.39, 0.29) is 5.82 Å². The number of methoxy groups -OCH3 is 1. The molecule has 0 aliphatic carbocycles. The zero-order valence-electron chi connectivity index (χ0n) is 14.1. The van der Waals surface area contributed by atoms with Crippen molar-refractivity contribution in [3.8, 4) is 5.69 Å². The van der Waals surface area contributed by atoms with Gasteiger partial charge in [-0.05, 0) is 37.3 Å². The molecule has 0 atom stereocenters. The fourth-order valence-electron chi connectivity index (χ4n) is 2.13. The second kappa shape index (κ2) is 9.67. The van der Waals surface area contributed by atoms with Crippen molar-refractivity contribution in [2.75, 3.05) is 33.4 Å². The summed E-state index contributed by atoms with van der Waals surface area (Å²) in [5.74, 6) is 0.520. The fraction of sp³-hybridized carbons (Fsp3) is 0.412. The molecular formula is C17H24FN5O. The first-order valence-electron chi connectivity index (χ1n) is 8.04. The number of halogens is 1. The van der Waals surface area contributed by atoms with Gasteiger partial charge < -0.3 is 15.4 Å². The van der Waals surface area contributed by atoms with Gasteiger partial charge in [0.2, 0.25) is 0 Å². The smallest absolute Gasteiger partial charge is 0.191 e. The van der Waals surface area contributed by atoms with Crippen molar-refractivity contribution in [1.29, 1.82) is 0 Å². The maximum Gasteiger partial charge on any atom is 0.191 e. The second-order valence-corrected chi connectivity index (χ2v) is 5.16. The molecule has 0 fully saturated rings. The number of nitrogens with one attached hydrogen (secondary N) is 2. The minimum atomic E-state index is -0.251.